The second-order valence-corrected chi connectivity index (χ2v) is 9.17. The van der Waals surface area contributed by atoms with Crippen LogP contribution in [0.4, 0.5) is 11.5 Å². The van der Waals surface area contributed by atoms with E-state index in [1.54, 1.807) is 32.0 Å². The minimum absolute atomic E-state index is 0.0516. The van der Waals surface area contributed by atoms with Crippen LogP contribution in [0.3, 0.4) is 0 Å². The third-order valence-corrected chi connectivity index (χ3v) is 6.03. The summed E-state index contributed by atoms with van der Waals surface area (Å²) < 4.78 is 27.6. The molecule has 30 heavy (non-hydrogen) atoms. The number of amides is 1. The third kappa shape index (κ3) is 8.10. The quantitative estimate of drug-likeness (QED) is 0.461. The summed E-state index contributed by atoms with van der Waals surface area (Å²) in [6.07, 6.45) is 8.57. The van der Waals surface area contributed by atoms with Gasteiger partial charge in [0.25, 0.3) is 10.0 Å². The highest BCUT2D eigenvalue weighted by Crippen LogP contribution is 2.18. The van der Waals surface area contributed by atoms with E-state index in [1.165, 1.54) is 37.8 Å². The first kappa shape index (κ1) is 23.8. The lowest BCUT2D eigenvalue weighted by Crippen LogP contribution is -2.15. The molecule has 8 heteroatoms. The Kier molecular flexibility index (Phi) is 9.23. The number of sulfonamides is 1. The number of carbonyl (C=O) groups is 1. The summed E-state index contributed by atoms with van der Waals surface area (Å²) in [7, 11) is -3.77. The molecular formula is C22H32N4O3S. The molecule has 1 amide bonds. The first-order valence-electron chi connectivity index (χ1n) is 10.5. The summed E-state index contributed by atoms with van der Waals surface area (Å²) in [5.74, 6) is 0.669. The van der Waals surface area contributed by atoms with E-state index in [2.05, 4.69) is 26.9 Å². The summed E-state index contributed by atoms with van der Waals surface area (Å²) in [4.78, 5) is 20.4. The molecule has 2 aromatic rings. The summed E-state index contributed by atoms with van der Waals surface area (Å²) in [6.45, 7) is 5.67. The first-order chi connectivity index (χ1) is 14.3. The summed E-state index contributed by atoms with van der Waals surface area (Å²) >= 11 is 0. The summed E-state index contributed by atoms with van der Waals surface area (Å²) in [5, 5.41) is 2.82. The Bertz CT molecular complexity index is 908. The van der Waals surface area contributed by atoms with E-state index in [9.17, 15) is 13.2 Å². The van der Waals surface area contributed by atoms with Crippen LogP contribution in [0.5, 0.6) is 0 Å². The number of hydrogen-bond donors (Lipinski definition) is 2. The minimum atomic E-state index is -3.77. The van der Waals surface area contributed by atoms with Gasteiger partial charge in [0.15, 0.2) is 0 Å². The van der Waals surface area contributed by atoms with Gasteiger partial charge in [-0.25, -0.2) is 18.4 Å². The highest BCUT2D eigenvalue weighted by Gasteiger charge is 2.15. The zero-order chi connectivity index (χ0) is 22.0. The van der Waals surface area contributed by atoms with E-state index in [4.69, 9.17) is 0 Å². The van der Waals surface area contributed by atoms with E-state index < -0.39 is 10.0 Å². The van der Waals surface area contributed by atoms with Crippen LogP contribution < -0.4 is 10.0 Å². The number of benzene rings is 1. The van der Waals surface area contributed by atoms with Gasteiger partial charge in [0, 0.05) is 23.9 Å². The van der Waals surface area contributed by atoms with E-state index >= 15 is 0 Å². The van der Waals surface area contributed by atoms with Crippen LogP contribution in [0.25, 0.3) is 0 Å². The highest BCUT2D eigenvalue weighted by molar-refractivity contribution is 7.92. The molecule has 164 valence electrons. The molecule has 0 spiro atoms. The molecule has 2 rings (SSSR count). The zero-order valence-corrected chi connectivity index (χ0v) is 18.9. The SMILES string of the molecule is CCCCCCCCCC(=O)Nc1ccc(S(=O)(=O)Nc2cc(C)nc(C)n2)cc1. The molecule has 1 aromatic heterocycles. The monoisotopic (exact) mass is 432 g/mol. The number of anilines is 2. The van der Waals surface area contributed by atoms with Gasteiger partial charge in [0.1, 0.15) is 11.6 Å². The molecule has 0 fully saturated rings. The van der Waals surface area contributed by atoms with Crippen molar-refractivity contribution in [3.63, 3.8) is 0 Å². The van der Waals surface area contributed by atoms with Crippen molar-refractivity contribution in [2.75, 3.05) is 10.0 Å². The van der Waals surface area contributed by atoms with Gasteiger partial charge in [0.2, 0.25) is 5.91 Å². The van der Waals surface area contributed by atoms with Gasteiger partial charge >= 0.3 is 0 Å². The van der Waals surface area contributed by atoms with Crippen LogP contribution in [0.2, 0.25) is 0 Å². The molecule has 0 aliphatic carbocycles. The topological polar surface area (TPSA) is 101 Å². The second kappa shape index (κ2) is 11.6. The standard InChI is InChI=1S/C22H32N4O3S/c1-4-5-6-7-8-9-10-11-22(27)25-19-12-14-20(15-13-19)30(28,29)26-21-16-17(2)23-18(3)24-21/h12-16H,4-11H2,1-3H3,(H,25,27)(H,23,24,26). The molecular weight excluding hydrogens is 400 g/mol. The minimum Gasteiger partial charge on any atom is -0.326 e. The van der Waals surface area contributed by atoms with Gasteiger partial charge in [-0.1, -0.05) is 45.4 Å². The second-order valence-electron chi connectivity index (χ2n) is 7.49. The van der Waals surface area contributed by atoms with Crippen LogP contribution in [0, 0.1) is 13.8 Å². The highest BCUT2D eigenvalue weighted by atomic mass is 32.2. The third-order valence-electron chi connectivity index (χ3n) is 4.66. The van der Waals surface area contributed by atoms with Gasteiger partial charge < -0.3 is 5.32 Å². The first-order valence-corrected chi connectivity index (χ1v) is 12.0. The van der Waals surface area contributed by atoms with Crippen LogP contribution >= 0.6 is 0 Å². The van der Waals surface area contributed by atoms with Crippen molar-refractivity contribution in [1.82, 2.24) is 9.97 Å². The Hall–Kier alpha value is -2.48. The van der Waals surface area contributed by atoms with Crippen molar-refractivity contribution in [3.8, 4) is 0 Å². The van der Waals surface area contributed by atoms with E-state index in [0.29, 0.717) is 23.6 Å². The molecule has 0 aliphatic rings. The molecule has 0 radical (unpaired) electrons. The Morgan fingerprint density at radius 1 is 0.933 bits per heavy atom. The average Bonchev–Trinajstić information content (AvgIpc) is 2.66. The molecule has 1 aromatic carbocycles. The summed E-state index contributed by atoms with van der Waals surface area (Å²) in [5.41, 5.74) is 1.26. The number of unbranched alkanes of at least 4 members (excludes halogenated alkanes) is 6. The lowest BCUT2D eigenvalue weighted by molar-refractivity contribution is -0.116. The predicted molar refractivity (Wildman–Crippen MR) is 120 cm³/mol. The van der Waals surface area contributed by atoms with Gasteiger partial charge in [-0.15, -0.1) is 0 Å². The van der Waals surface area contributed by atoms with E-state index in [1.807, 2.05) is 0 Å². The van der Waals surface area contributed by atoms with Crippen molar-refractivity contribution in [3.05, 3.63) is 41.9 Å². The van der Waals surface area contributed by atoms with Gasteiger partial charge in [-0.05, 0) is 44.5 Å². The molecule has 0 bridgehead atoms. The van der Waals surface area contributed by atoms with Gasteiger partial charge in [-0.3, -0.25) is 9.52 Å². The molecule has 0 aliphatic heterocycles. The number of hydrogen-bond acceptors (Lipinski definition) is 5. The normalized spacial score (nSPS) is 11.3. The largest absolute Gasteiger partial charge is 0.326 e. The number of aryl methyl sites for hydroxylation is 2. The number of nitrogens with one attached hydrogen (secondary N) is 2. The fourth-order valence-corrected chi connectivity index (χ4v) is 4.14. The molecule has 0 atom stereocenters. The smallest absolute Gasteiger partial charge is 0.263 e. The Balaban J connectivity index is 1.84. The maximum absolute atomic E-state index is 12.6. The number of aromatic nitrogens is 2. The van der Waals surface area contributed by atoms with Crippen LogP contribution in [-0.2, 0) is 14.8 Å². The van der Waals surface area contributed by atoms with Crippen molar-refractivity contribution in [2.45, 2.75) is 77.0 Å². The molecule has 1 heterocycles. The molecule has 0 saturated carbocycles. The lowest BCUT2D eigenvalue weighted by Gasteiger charge is -2.10. The van der Waals surface area contributed by atoms with Gasteiger partial charge in [0.05, 0.1) is 4.90 Å². The maximum Gasteiger partial charge on any atom is 0.263 e. The Morgan fingerprint density at radius 3 is 2.20 bits per heavy atom. The van der Waals surface area contributed by atoms with Crippen LogP contribution in [-0.4, -0.2) is 24.3 Å². The average molecular weight is 433 g/mol. The van der Waals surface area contributed by atoms with Crippen molar-refractivity contribution in [1.29, 1.82) is 0 Å². The molecule has 0 unspecified atom stereocenters. The van der Waals surface area contributed by atoms with Crippen LogP contribution in [0.15, 0.2) is 35.2 Å². The van der Waals surface area contributed by atoms with Gasteiger partial charge in [-0.2, -0.15) is 0 Å². The number of rotatable bonds is 12. The Labute approximate surface area is 179 Å². The molecule has 0 saturated heterocycles. The van der Waals surface area contributed by atoms with E-state index in [-0.39, 0.29) is 16.6 Å². The Morgan fingerprint density at radius 2 is 1.57 bits per heavy atom. The maximum atomic E-state index is 12.6. The fourth-order valence-electron chi connectivity index (χ4n) is 3.15. The van der Waals surface area contributed by atoms with E-state index in [0.717, 1.165) is 19.3 Å². The predicted octanol–water partition coefficient (Wildman–Crippen LogP) is 4.97. The number of nitrogens with zero attached hydrogens (tertiary/aromatic N) is 2. The summed E-state index contributed by atoms with van der Waals surface area (Å²) in [6, 6.07) is 7.68. The fraction of sp³-hybridized carbons (Fsp3) is 0.500. The van der Waals surface area contributed by atoms with Crippen LogP contribution in [0.1, 0.15) is 69.8 Å². The van der Waals surface area contributed by atoms with Crippen molar-refractivity contribution < 1.29 is 13.2 Å². The van der Waals surface area contributed by atoms with Crippen molar-refractivity contribution in [2.24, 2.45) is 0 Å². The molecule has 7 nitrogen and oxygen atoms in total. The molecule has 2 N–H and O–H groups in total. The number of carbonyl (C=O) groups excluding carboxylic acids is 1. The lowest BCUT2D eigenvalue weighted by atomic mass is 10.1. The van der Waals surface area contributed by atoms with Crippen molar-refractivity contribution >= 4 is 27.4 Å². The zero-order valence-electron chi connectivity index (χ0n) is 18.1.